The van der Waals surface area contributed by atoms with Gasteiger partial charge in [-0.1, -0.05) is 0 Å². The Bertz CT molecular complexity index is 876. The Kier molecular flexibility index (Phi) is 4.71. The second-order valence-electron chi connectivity index (χ2n) is 6.72. The maximum absolute atomic E-state index is 12.5. The number of carbonyl (C=O) groups is 2. The summed E-state index contributed by atoms with van der Waals surface area (Å²) in [4.78, 5) is 26.4. The summed E-state index contributed by atoms with van der Waals surface area (Å²) in [6.07, 6.45) is 2.04. The van der Waals surface area contributed by atoms with Crippen molar-refractivity contribution < 1.29 is 19.1 Å². The van der Waals surface area contributed by atoms with E-state index in [1.807, 2.05) is 41.3 Å². The highest BCUT2D eigenvalue weighted by atomic mass is 16.5. The van der Waals surface area contributed by atoms with E-state index >= 15 is 0 Å². The van der Waals surface area contributed by atoms with Crippen LogP contribution >= 0.6 is 0 Å². The zero-order valence-electron chi connectivity index (χ0n) is 15.3. The molecule has 2 aliphatic heterocycles. The molecule has 0 spiro atoms. The van der Waals surface area contributed by atoms with Crippen molar-refractivity contribution >= 4 is 17.5 Å². The lowest BCUT2D eigenvalue weighted by Crippen LogP contribution is -2.33. The van der Waals surface area contributed by atoms with Crippen LogP contribution in [0.25, 0.3) is 0 Å². The van der Waals surface area contributed by atoms with Gasteiger partial charge in [-0.2, -0.15) is 0 Å². The van der Waals surface area contributed by atoms with Crippen LogP contribution in [-0.2, 0) is 17.6 Å². The first-order chi connectivity index (χ1) is 13.2. The number of amides is 2. The molecule has 0 fully saturated rings. The topological polar surface area (TPSA) is 67.9 Å². The molecule has 2 aromatic carbocycles. The third-order valence-electron chi connectivity index (χ3n) is 5.03. The van der Waals surface area contributed by atoms with E-state index in [0.717, 1.165) is 41.3 Å². The predicted molar refractivity (Wildman–Crippen MR) is 102 cm³/mol. The monoisotopic (exact) mass is 366 g/mol. The van der Waals surface area contributed by atoms with Crippen LogP contribution < -0.4 is 19.7 Å². The van der Waals surface area contributed by atoms with Gasteiger partial charge in [-0.05, 0) is 60.4 Å². The van der Waals surface area contributed by atoms with Crippen LogP contribution in [0.1, 0.15) is 27.9 Å². The SMILES string of the molecule is COc1ccc(OCCNC(=O)c2cc3c4c(c2)CCN4C(=O)CC3)cc1. The van der Waals surface area contributed by atoms with Gasteiger partial charge in [0, 0.05) is 18.5 Å². The molecule has 0 bridgehead atoms. The Morgan fingerprint density at radius 3 is 2.52 bits per heavy atom. The number of rotatable bonds is 6. The molecular formula is C21H22N2O4. The average Bonchev–Trinajstić information content (AvgIpc) is 3.14. The molecule has 2 aliphatic rings. The van der Waals surface area contributed by atoms with Crippen LogP contribution in [0, 0.1) is 0 Å². The quantitative estimate of drug-likeness (QED) is 0.797. The van der Waals surface area contributed by atoms with Crippen molar-refractivity contribution in [3.05, 3.63) is 53.1 Å². The van der Waals surface area contributed by atoms with E-state index in [0.29, 0.717) is 31.6 Å². The van der Waals surface area contributed by atoms with Crippen molar-refractivity contribution in [2.45, 2.75) is 19.3 Å². The van der Waals surface area contributed by atoms with Crippen LogP contribution in [0.2, 0.25) is 0 Å². The Morgan fingerprint density at radius 2 is 1.78 bits per heavy atom. The van der Waals surface area contributed by atoms with Crippen molar-refractivity contribution in [2.24, 2.45) is 0 Å². The summed E-state index contributed by atoms with van der Waals surface area (Å²) in [6, 6.07) is 11.2. The molecule has 0 atom stereocenters. The van der Waals surface area contributed by atoms with Gasteiger partial charge in [-0.3, -0.25) is 9.59 Å². The number of hydrogen-bond acceptors (Lipinski definition) is 4. The third-order valence-corrected chi connectivity index (χ3v) is 5.03. The summed E-state index contributed by atoms with van der Waals surface area (Å²) in [5.74, 6) is 1.59. The molecule has 2 aromatic rings. The molecule has 4 rings (SSSR count). The van der Waals surface area contributed by atoms with E-state index in [-0.39, 0.29) is 11.8 Å². The Hall–Kier alpha value is -3.02. The van der Waals surface area contributed by atoms with Gasteiger partial charge in [0.25, 0.3) is 5.91 Å². The number of nitrogens with one attached hydrogen (secondary N) is 1. The number of nitrogens with zero attached hydrogens (tertiary/aromatic N) is 1. The molecule has 140 valence electrons. The first-order valence-corrected chi connectivity index (χ1v) is 9.17. The largest absolute Gasteiger partial charge is 0.497 e. The van der Waals surface area contributed by atoms with Gasteiger partial charge in [0.1, 0.15) is 18.1 Å². The van der Waals surface area contributed by atoms with Crippen molar-refractivity contribution in [2.75, 3.05) is 31.7 Å². The molecule has 1 N–H and O–H groups in total. The summed E-state index contributed by atoms with van der Waals surface area (Å²) in [7, 11) is 1.62. The van der Waals surface area contributed by atoms with Gasteiger partial charge >= 0.3 is 0 Å². The van der Waals surface area contributed by atoms with Crippen molar-refractivity contribution in [1.82, 2.24) is 5.32 Å². The maximum atomic E-state index is 12.5. The highest BCUT2D eigenvalue weighted by Gasteiger charge is 2.31. The molecule has 0 saturated heterocycles. The molecule has 0 unspecified atom stereocenters. The average molecular weight is 366 g/mol. The minimum Gasteiger partial charge on any atom is -0.497 e. The van der Waals surface area contributed by atoms with Gasteiger partial charge in [0.2, 0.25) is 5.91 Å². The molecular weight excluding hydrogens is 344 g/mol. The zero-order valence-corrected chi connectivity index (χ0v) is 15.3. The van der Waals surface area contributed by atoms with Gasteiger partial charge in [-0.25, -0.2) is 0 Å². The second kappa shape index (κ2) is 7.31. The normalized spacial score (nSPS) is 14.7. The number of anilines is 1. The number of carbonyl (C=O) groups excluding carboxylic acids is 2. The number of hydrogen-bond donors (Lipinski definition) is 1. The van der Waals surface area contributed by atoms with Crippen LogP contribution in [0.3, 0.4) is 0 Å². The van der Waals surface area contributed by atoms with E-state index in [9.17, 15) is 9.59 Å². The predicted octanol–water partition coefficient (Wildman–Crippen LogP) is 2.34. The lowest BCUT2D eigenvalue weighted by molar-refractivity contribution is -0.118. The van der Waals surface area contributed by atoms with Gasteiger partial charge in [-0.15, -0.1) is 0 Å². The second-order valence-corrected chi connectivity index (χ2v) is 6.72. The highest BCUT2D eigenvalue weighted by Crippen LogP contribution is 2.37. The number of benzene rings is 2. The number of methoxy groups -OCH3 is 1. The third kappa shape index (κ3) is 3.47. The summed E-state index contributed by atoms with van der Waals surface area (Å²) >= 11 is 0. The molecule has 2 heterocycles. The van der Waals surface area contributed by atoms with Crippen LogP contribution in [0.15, 0.2) is 36.4 Å². The minimum absolute atomic E-state index is 0.109. The van der Waals surface area contributed by atoms with E-state index < -0.39 is 0 Å². The fourth-order valence-electron chi connectivity index (χ4n) is 3.70. The van der Waals surface area contributed by atoms with Crippen molar-refractivity contribution in [3.8, 4) is 11.5 Å². The van der Waals surface area contributed by atoms with Crippen LogP contribution in [0.4, 0.5) is 5.69 Å². The summed E-state index contributed by atoms with van der Waals surface area (Å²) in [6.45, 7) is 1.53. The van der Waals surface area contributed by atoms with Gasteiger partial charge < -0.3 is 19.7 Å². The molecule has 2 amide bonds. The van der Waals surface area contributed by atoms with Gasteiger partial charge in [0.05, 0.1) is 19.3 Å². The molecule has 0 aliphatic carbocycles. The fraction of sp³-hybridized carbons (Fsp3) is 0.333. The molecule has 0 radical (unpaired) electrons. The fourth-order valence-corrected chi connectivity index (χ4v) is 3.70. The van der Waals surface area contributed by atoms with E-state index in [1.54, 1.807) is 7.11 Å². The summed E-state index contributed by atoms with van der Waals surface area (Å²) < 4.78 is 10.7. The van der Waals surface area contributed by atoms with Crippen LogP contribution in [0.5, 0.6) is 11.5 Å². The molecule has 6 heteroatoms. The Balaban J connectivity index is 1.34. The number of aryl methyl sites for hydroxylation is 1. The maximum Gasteiger partial charge on any atom is 0.251 e. The highest BCUT2D eigenvalue weighted by molar-refractivity contribution is 6.01. The summed E-state index contributed by atoms with van der Waals surface area (Å²) in [5.41, 5.74) is 3.89. The van der Waals surface area contributed by atoms with Crippen LogP contribution in [-0.4, -0.2) is 38.6 Å². The van der Waals surface area contributed by atoms with Crippen molar-refractivity contribution in [3.63, 3.8) is 0 Å². The van der Waals surface area contributed by atoms with Crippen molar-refractivity contribution in [1.29, 1.82) is 0 Å². The van der Waals surface area contributed by atoms with E-state index in [4.69, 9.17) is 9.47 Å². The summed E-state index contributed by atoms with van der Waals surface area (Å²) in [5, 5.41) is 2.90. The van der Waals surface area contributed by atoms with E-state index in [2.05, 4.69) is 5.32 Å². The first kappa shape index (κ1) is 17.4. The molecule has 0 saturated carbocycles. The number of ether oxygens (including phenoxy) is 2. The lowest BCUT2D eigenvalue weighted by Gasteiger charge is -2.25. The molecule has 6 nitrogen and oxygen atoms in total. The first-order valence-electron chi connectivity index (χ1n) is 9.17. The zero-order chi connectivity index (χ0) is 18.8. The Morgan fingerprint density at radius 1 is 1.07 bits per heavy atom. The van der Waals surface area contributed by atoms with Gasteiger partial charge in [0.15, 0.2) is 0 Å². The molecule has 27 heavy (non-hydrogen) atoms. The minimum atomic E-state index is -0.109. The smallest absolute Gasteiger partial charge is 0.251 e. The standard InChI is InChI=1S/C21H22N2O4/c1-26-17-3-5-18(6-4-17)27-11-9-22-21(25)16-12-14-2-7-19(24)23-10-8-15(13-16)20(14)23/h3-6,12-13H,2,7-11H2,1H3,(H,22,25). The Labute approximate surface area is 158 Å². The van der Waals surface area contributed by atoms with E-state index in [1.165, 1.54) is 0 Å². The lowest BCUT2D eigenvalue weighted by atomic mass is 9.96. The molecule has 0 aromatic heterocycles.